The van der Waals surface area contributed by atoms with Crippen LogP contribution in [0.15, 0.2) is 0 Å². The SMILES string of the molecule is COCCCN1CCC(CN)C(O)C1. The van der Waals surface area contributed by atoms with Crippen LogP contribution in [0.1, 0.15) is 12.8 Å². The topological polar surface area (TPSA) is 58.7 Å². The van der Waals surface area contributed by atoms with E-state index >= 15 is 0 Å². The fourth-order valence-electron chi connectivity index (χ4n) is 1.96. The smallest absolute Gasteiger partial charge is 0.0707 e. The number of ether oxygens (including phenoxy) is 1. The van der Waals surface area contributed by atoms with E-state index in [2.05, 4.69) is 4.90 Å². The van der Waals surface area contributed by atoms with Crippen LogP contribution < -0.4 is 5.73 Å². The van der Waals surface area contributed by atoms with Crippen LogP contribution in [0.5, 0.6) is 0 Å². The van der Waals surface area contributed by atoms with E-state index in [1.54, 1.807) is 7.11 Å². The van der Waals surface area contributed by atoms with Crippen molar-refractivity contribution in [3.63, 3.8) is 0 Å². The summed E-state index contributed by atoms with van der Waals surface area (Å²) in [7, 11) is 1.72. The molecule has 0 aromatic carbocycles. The number of nitrogens with two attached hydrogens (primary N) is 1. The van der Waals surface area contributed by atoms with Gasteiger partial charge in [0.2, 0.25) is 0 Å². The highest BCUT2D eigenvalue weighted by Crippen LogP contribution is 2.16. The number of rotatable bonds is 5. The summed E-state index contributed by atoms with van der Waals surface area (Å²) in [6.07, 6.45) is 1.82. The summed E-state index contributed by atoms with van der Waals surface area (Å²) >= 11 is 0. The molecule has 0 bridgehead atoms. The van der Waals surface area contributed by atoms with Gasteiger partial charge in [0.05, 0.1) is 6.10 Å². The van der Waals surface area contributed by atoms with Crippen LogP contribution in [-0.2, 0) is 4.74 Å². The van der Waals surface area contributed by atoms with E-state index in [4.69, 9.17) is 10.5 Å². The summed E-state index contributed by atoms with van der Waals surface area (Å²) in [4.78, 5) is 2.29. The first-order valence-corrected chi connectivity index (χ1v) is 5.37. The summed E-state index contributed by atoms with van der Waals surface area (Å²) in [5.41, 5.74) is 5.56. The lowest BCUT2D eigenvalue weighted by Gasteiger charge is -2.35. The largest absolute Gasteiger partial charge is 0.391 e. The van der Waals surface area contributed by atoms with Gasteiger partial charge in [0.1, 0.15) is 0 Å². The van der Waals surface area contributed by atoms with Crippen molar-refractivity contribution in [1.82, 2.24) is 4.90 Å². The number of methoxy groups -OCH3 is 1. The molecule has 4 nitrogen and oxygen atoms in total. The Morgan fingerprint density at radius 1 is 1.57 bits per heavy atom. The maximum atomic E-state index is 9.74. The molecular weight excluding hydrogens is 180 g/mol. The monoisotopic (exact) mass is 202 g/mol. The van der Waals surface area contributed by atoms with Crippen molar-refractivity contribution in [2.75, 3.05) is 39.9 Å². The van der Waals surface area contributed by atoms with Crippen LogP contribution in [0.2, 0.25) is 0 Å². The zero-order valence-electron chi connectivity index (χ0n) is 8.98. The minimum absolute atomic E-state index is 0.240. The first-order valence-electron chi connectivity index (χ1n) is 5.37. The lowest BCUT2D eigenvalue weighted by atomic mass is 9.94. The second-order valence-corrected chi connectivity index (χ2v) is 4.00. The third-order valence-corrected chi connectivity index (χ3v) is 2.93. The fourth-order valence-corrected chi connectivity index (χ4v) is 1.96. The zero-order valence-corrected chi connectivity index (χ0v) is 8.98. The highest BCUT2D eigenvalue weighted by Gasteiger charge is 2.25. The van der Waals surface area contributed by atoms with E-state index in [0.717, 1.165) is 39.1 Å². The molecule has 0 amide bonds. The van der Waals surface area contributed by atoms with Crippen molar-refractivity contribution < 1.29 is 9.84 Å². The van der Waals surface area contributed by atoms with E-state index in [-0.39, 0.29) is 6.10 Å². The molecule has 1 saturated heterocycles. The number of β-amino-alcohol motifs (C(OH)–C–C–N with tert-alkyl or cyclic N) is 1. The van der Waals surface area contributed by atoms with Crippen molar-refractivity contribution in [3.05, 3.63) is 0 Å². The molecule has 0 saturated carbocycles. The Labute approximate surface area is 86.0 Å². The number of hydrogen-bond acceptors (Lipinski definition) is 4. The number of piperidine rings is 1. The maximum absolute atomic E-state index is 9.74. The third kappa shape index (κ3) is 3.53. The van der Waals surface area contributed by atoms with Gasteiger partial charge in [-0.2, -0.15) is 0 Å². The van der Waals surface area contributed by atoms with E-state index in [0.29, 0.717) is 12.5 Å². The van der Waals surface area contributed by atoms with Crippen molar-refractivity contribution >= 4 is 0 Å². The summed E-state index contributed by atoms with van der Waals surface area (Å²) in [6, 6.07) is 0. The number of aliphatic hydroxyl groups excluding tert-OH is 1. The summed E-state index contributed by atoms with van der Waals surface area (Å²) in [5.74, 6) is 0.300. The molecule has 0 aromatic rings. The summed E-state index contributed by atoms with van der Waals surface area (Å²) in [6.45, 7) is 4.25. The van der Waals surface area contributed by atoms with Crippen LogP contribution in [0, 0.1) is 5.92 Å². The van der Waals surface area contributed by atoms with Crippen molar-refractivity contribution in [2.24, 2.45) is 11.7 Å². The number of nitrogens with zero attached hydrogens (tertiary/aromatic N) is 1. The molecule has 4 heteroatoms. The van der Waals surface area contributed by atoms with Gasteiger partial charge in [-0.15, -0.1) is 0 Å². The van der Waals surface area contributed by atoms with Gasteiger partial charge in [-0.05, 0) is 31.8 Å². The Bertz CT molecular complexity index is 153. The van der Waals surface area contributed by atoms with Crippen LogP contribution in [0.4, 0.5) is 0 Å². The highest BCUT2D eigenvalue weighted by atomic mass is 16.5. The van der Waals surface area contributed by atoms with Crippen molar-refractivity contribution in [3.8, 4) is 0 Å². The average Bonchev–Trinajstić information content (AvgIpc) is 2.18. The molecule has 1 fully saturated rings. The molecular formula is C10H22N2O2. The van der Waals surface area contributed by atoms with Crippen molar-refractivity contribution in [2.45, 2.75) is 18.9 Å². The molecule has 0 radical (unpaired) electrons. The van der Waals surface area contributed by atoms with Gasteiger partial charge in [-0.3, -0.25) is 0 Å². The molecule has 1 heterocycles. The first-order chi connectivity index (χ1) is 6.77. The van der Waals surface area contributed by atoms with Crippen molar-refractivity contribution in [1.29, 1.82) is 0 Å². The van der Waals surface area contributed by atoms with E-state index in [1.165, 1.54) is 0 Å². The van der Waals surface area contributed by atoms with Crippen LogP contribution in [-0.4, -0.2) is 56.0 Å². The van der Waals surface area contributed by atoms with Gasteiger partial charge in [-0.25, -0.2) is 0 Å². The Kier molecular flexibility index (Phi) is 5.40. The van der Waals surface area contributed by atoms with Crippen LogP contribution in [0.25, 0.3) is 0 Å². The van der Waals surface area contributed by atoms with Gasteiger partial charge >= 0.3 is 0 Å². The molecule has 0 spiro atoms. The average molecular weight is 202 g/mol. The minimum atomic E-state index is -0.240. The lowest BCUT2D eigenvalue weighted by molar-refractivity contribution is 0.0224. The van der Waals surface area contributed by atoms with Gasteiger partial charge in [-0.1, -0.05) is 0 Å². The lowest BCUT2D eigenvalue weighted by Crippen LogP contribution is -2.46. The number of hydrogen-bond donors (Lipinski definition) is 2. The third-order valence-electron chi connectivity index (χ3n) is 2.93. The minimum Gasteiger partial charge on any atom is -0.391 e. The van der Waals surface area contributed by atoms with Gasteiger partial charge < -0.3 is 20.5 Å². The normalized spacial score (nSPS) is 29.4. The predicted molar refractivity (Wildman–Crippen MR) is 56.1 cm³/mol. The molecule has 1 rings (SSSR count). The van der Waals surface area contributed by atoms with Gasteiger partial charge in [0.25, 0.3) is 0 Å². The Morgan fingerprint density at radius 3 is 2.93 bits per heavy atom. The molecule has 2 atom stereocenters. The first kappa shape index (κ1) is 11.9. The molecule has 2 unspecified atom stereocenters. The zero-order chi connectivity index (χ0) is 10.4. The molecule has 84 valence electrons. The Hall–Kier alpha value is -0.160. The van der Waals surface area contributed by atoms with Crippen LogP contribution in [0.3, 0.4) is 0 Å². The molecule has 0 aliphatic carbocycles. The quantitative estimate of drug-likeness (QED) is 0.599. The second kappa shape index (κ2) is 6.35. The molecule has 1 aliphatic rings. The van der Waals surface area contributed by atoms with Crippen LogP contribution >= 0.6 is 0 Å². The summed E-state index contributed by atoms with van der Waals surface area (Å²) in [5, 5.41) is 9.74. The fraction of sp³-hybridized carbons (Fsp3) is 1.00. The molecule has 14 heavy (non-hydrogen) atoms. The van der Waals surface area contributed by atoms with Gasteiger partial charge in [0, 0.05) is 26.8 Å². The number of aliphatic hydroxyl groups is 1. The Balaban J connectivity index is 2.18. The number of likely N-dealkylation sites (tertiary alicyclic amines) is 1. The maximum Gasteiger partial charge on any atom is 0.0707 e. The van der Waals surface area contributed by atoms with E-state index in [1.807, 2.05) is 0 Å². The van der Waals surface area contributed by atoms with E-state index in [9.17, 15) is 5.11 Å². The molecule has 1 aliphatic heterocycles. The van der Waals surface area contributed by atoms with E-state index < -0.39 is 0 Å². The predicted octanol–water partition coefficient (Wildman–Crippen LogP) is -0.336. The second-order valence-electron chi connectivity index (χ2n) is 4.00. The molecule has 3 N–H and O–H groups in total. The van der Waals surface area contributed by atoms with Gasteiger partial charge in [0.15, 0.2) is 0 Å². The standard InChI is InChI=1S/C10H22N2O2/c1-14-6-2-4-12-5-3-9(7-11)10(13)8-12/h9-10,13H,2-8,11H2,1H3. The summed E-state index contributed by atoms with van der Waals surface area (Å²) < 4.78 is 4.99. The molecule has 0 aromatic heterocycles. The Morgan fingerprint density at radius 2 is 2.36 bits per heavy atom. The highest BCUT2D eigenvalue weighted by molar-refractivity contribution is 4.80.